The van der Waals surface area contributed by atoms with E-state index >= 15 is 0 Å². The quantitative estimate of drug-likeness (QED) is 0.635. The number of hydrogen-bond acceptors (Lipinski definition) is 5. The van der Waals surface area contributed by atoms with Gasteiger partial charge in [-0.05, 0) is 18.6 Å². The van der Waals surface area contributed by atoms with Crippen LogP contribution in [0.4, 0.5) is 0 Å². The Morgan fingerprint density at radius 1 is 1.20 bits per heavy atom. The first-order valence-corrected chi connectivity index (χ1v) is 8.25. The second-order valence-electron chi connectivity index (χ2n) is 6.19. The van der Waals surface area contributed by atoms with Crippen LogP contribution >= 0.6 is 0 Å². The Labute approximate surface area is 146 Å². The fourth-order valence-corrected chi connectivity index (χ4v) is 2.81. The van der Waals surface area contributed by atoms with E-state index in [1.54, 1.807) is 18.2 Å². The molecule has 1 N–H and O–H groups in total. The van der Waals surface area contributed by atoms with Crippen molar-refractivity contribution in [1.82, 2.24) is 4.98 Å². The van der Waals surface area contributed by atoms with Gasteiger partial charge in [0, 0.05) is 23.7 Å². The Morgan fingerprint density at radius 3 is 2.40 bits per heavy atom. The molecule has 1 aromatic carbocycles. The van der Waals surface area contributed by atoms with Gasteiger partial charge in [-0.1, -0.05) is 26.8 Å². The lowest BCUT2D eigenvalue weighted by molar-refractivity contribution is -0.147. The third-order valence-corrected chi connectivity index (χ3v) is 4.02. The van der Waals surface area contributed by atoms with Gasteiger partial charge in [0.25, 0.3) is 0 Å². The first kappa shape index (κ1) is 18.7. The van der Waals surface area contributed by atoms with E-state index in [4.69, 9.17) is 9.47 Å². The fraction of sp³-hybridized carbons (Fsp3) is 0.421. The summed E-state index contributed by atoms with van der Waals surface area (Å²) in [7, 11) is 1.31. The zero-order valence-electron chi connectivity index (χ0n) is 15.1. The average molecular weight is 345 g/mol. The van der Waals surface area contributed by atoms with Crippen LogP contribution < -0.4 is 0 Å². The lowest BCUT2D eigenvalue weighted by Gasteiger charge is -2.16. The van der Waals surface area contributed by atoms with E-state index < -0.39 is 18.0 Å². The number of aromatic amines is 1. The van der Waals surface area contributed by atoms with Gasteiger partial charge in [0.1, 0.15) is 6.10 Å². The lowest BCUT2D eigenvalue weighted by atomic mass is 9.95. The molecule has 25 heavy (non-hydrogen) atoms. The topological polar surface area (TPSA) is 85.5 Å². The number of carbonyl (C=O) groups is 3. The number of H-pyrrole nitrogens is 1. The Kier molecular flexibility index (Phi) is 5.62. The van der Waals surface area contributed by atoms with E-state index in [9.17, 15) is 14.4 Å². The number of fused-ring (bicyclic) bond motifs is 1. The number of hydrogen-bond donors (Lipinski definition) is 1. The molecule has 0 bridgehead atoms. The number of carbonyl (C=O) groups excluding carboxylic acids is 3. The summed E-state index contributed by atoms with van der Waals surface area (Å²) in [6, 6.07) is 4.98. The predicted molar refractivity (Wildman–Crippen MR) is 93.6 cm³/mol. The van der Waals surface area contributed by atoms with Crippen molar-refractivity contribution in [3.63, 3.8) is 0 Å². The fourth-order valence-electron chi connectivity index (χ4n) is 2.81. The van der Waals surface area contributed by atoms with Crippen LogP contribution in [0.5, 0.6) is 0 Å². The molecule has 1 unspecified atom stereocenters. The molecule has 0 spiro atoms. The summed E-state index contributed by atoms with van der Waals surface area (Å²) in [6.07, 6.45) is -0.0292. The third kappa shape index (κ3) is 3.73. The summed E-state index contributed by atoms with van der Waals surface area (Å²) in [5.41, 5.74) is 2.09. The van der Waals surface area contributed by atoms with Crippen LogP contribution in [0, 0.1) is 5.92 Å². The molecule has 0 amide bonds. The van der Waals surface area contributed by atoms with E-state index in [-0.39, 0.29) is 11.7 Å². The summed E-state index contributed by atoms with van der Waals surface area (Å²) in [5, 5.41) is 0.701. The smallest absolute Gasteiger partial charge is 0.337 e. The van der Waals surface area contributed by atoms with Gasteiger partial charge in [0.2, 0.25) is 0 Å². The van der Waals surface area contributed by atoms with Crippen molar-refractivity contribution >= 4 is 28.6 Å². The van der Waals surface area contributed by atoms with E-state index in [0.29, 0.717) is 34.1 Å². The summed E-state index contributed by atoms with van der Waals surface area (Å²) >= 11 is 0. The van der Waals surface area contributed by atoms with Crippen LogP contribution in [0.3, 0.4) is 0 Å². The second kappa shape index (κ2) is 7.51. The van der Waals surface area contributed by atoms with Crippen molar-refractivity contribution < 1.29 is 23.9 Å². The maximum atomic E-state index is 12.8. The van der Waals surface area contributed by atoms with Crippen LogP contribution in [0.2, 0.25) is 0 Å². The molecule has 2 aromatic rings. The van der Waals surface area contributed by atoms with Gasteiger partial charge in [0.15, 0.2) is 5.78 Å². The molecule has 0 aliphatic rings. The van der Waals surface area contributed by atoms with E-state index in [2.05, 4.69) is 4.98 Å². The van der Waals surface area contributed by atoms with Crippen LogP contribution in [-0.2, 0) is 14.3 Å². The minimum absolute atomic E-state index is 0.0438. The van der Waals surface area contributed by atoms with E-state index in [0.717, 1.165) is 0 Å². The van der Waals surface area contributed by atoms with Gasteiger partial charge in [-0.2, -0.15) is 0 Å². The molecule has 6 heteroatoms. The number of aromatic nitrogens is 1. The molecule has 0 saturated carbocycles. The summed E-state index contributed by atoms with van der Waals surface area (Å²) < 4.78 is 10.1. The molecule has 1 heterocycles. The predicted octanol–water partition coefficient (Wildman–Crippen LogP) is 3.81. The van der Waals surface area contributed by atoms with Crippen molar-refractivity contribution in [2.24, 2.45) is 5.92 Å². The highest BCUT2D eigenvalue weighted by Crippen LogP contribution is 2.33. The van der Waals surface area contributed by atoms with Crippen molar-refractivity contribution in [1.29, 1.82) is 0 Å². The second-order valence-corrected chi connectivity index (χ2v) is 6.19. The van der Waals surface area contributed by atoms with Gasteiger partial charge >= 0.3 is 11.9 Å². The number of ether oxygens (including phenoxy) is 2. The largest absolute Gasteiger partial charge is 0.465 e. The van der Waals surface area contributed by atoms with Crippen molar-refractivity contribution in [2.45, 2.75) is 40.2 Å². The van der Waals surface area contributed by atoms with Gasteiger partial charge in [-0.15, -0.1) is 0 Å². The molecular weight excluding hydrogens is 322 g/mol. The lowest BCUT2D eigenvalue weighted by Crippen LogP contribution is -2.15. The summed E-state index contributed by atoms with van der Waals surface area (Å²) in [4.78, 5) is 39.1. The highest BCUT2D eigenvalue weighted by molar-refractivity contribution is 6.11. The Hall–Kier alpha value is -2.63. The summed E-state index contributed by atoms with van der Waals surface area (Å²) in [6.45, 7) is 6.86. The molecule has 0 fully saturated rings. The molecule has 0 aliphatic heterocycles. The zero-order valence-corrected chi connectivity index (χ0v) is 15.1. The average Bonchev–Trinajstić information content (AvgIpc) is 2.95. The van der Waals surface area contributed by atoms with Crippen LogP contribution in [0.25, 0.3) is 10.9 Å². The van der Waals surface area contributed by atoms with Gasteiger partial charge in [-0.3, -0.25) is 9.59 Å². The zero-order chi connectivity index (χ0) is 18.7. The first-order chi connectivity index (χ1) is 11.8. The molecule has 6 nitrogen and oxygen atoms in total. The van der Waals surface area contributed by atoms with Crippen LogP contribution in [0.15, 0.2) is 18.2 Å². The first-order valence-electron chi connectivity index (χ1n) is 8.25. The van der Waals surface area contributed by atoms with E-state index in [1.165, 1.54) is 14.0 Å². The number of ketones is 1. The molecule has 134 valence electrons. The molecule has 0 saturated heterocycles. The number of methoxy groups -OCH3 is 1. The number of esters is 2. The minimum Gasteiger partial charge on any atom is -0.465 e. The van der Waals surface area contributed by atoms with Gasteiger partial charge in [0.05, 0.1) is 23.9 Å². The van der Waals surface area contributed by atoms with Crippen molar-refractivity contribution in [3.8, 4) is 0 Å². The molecular formula is C19H23NO5. The van der Waals surface area contributed by atoms with Crippen molar-refractivity contribution in [2.75, 3.05) is 7.11 Å². The SMILES string of the molecule is CCC(OC(C)=O)c1[nH]c2cc(C(=O)OC)ccc2c1C(=O)C(C)C. The van der Waals surface area contributed by atoms with Gasteiger partial charge < -0.3 is 14.5 Å². The molecule has 1 aromatic heterocycles. The summed E-state index contributed by atoms with van der Waals surface area (Å²) in [5.74, 6) is -1.13. The maximum Gasteiger partial charge on any atom is 0.337 e. The number of rotatable bonds is 6. The normalized spacial score (nSPS) is 12.2. The standard InChI is InChI=1S/C19H23NO5/c1-6-15(25-11(4)21)17-16(18(22)10(2)3)13-8-7-12(19(23)24-5)9-14(13)20-17/h7-10,15,20H,6H2,1-5H3. The Bertz CT molecular complexity index is 819. The van der Waals surface area contributed by atoms with Gasteiger partial charge in [-0.25, -0.2) is 4.79 Å². The van der Waals surface area contributed by atoms with Crippen LogP contribution in [-0.4, -0.2) is 29.8 Å². The molecule has 0 radical (unpaired) electrons. The maximum absolute atomic E-state index is 12.8. The number of nitrogens with one attached hydrogen (secondary N) is 1. The number of Topliss-reactive ketones (excluding diaryl/α,β-unsaturated/α-hetero) is 1. The van der Waals surface area contributed by atoms with Crippen LogP contribution in [0.1, 0.15) is 66.6 Å². The molecule has 1 atom stereocenters. The Balaban J connectivity index is 2.69. The van der Waals surface area contributed by atoms with Crippen molar-refractivity contribution in [3.05, 3.63) is 35.0 Å². The highest BCUT2D eigenvalue weighted by Gasteiger charge is 2.27. The van der Waals surface area contributed by atoms with E-state index in [1.807, 2.05) is 20.8 Å². The highest BCUT2D eigenvalue weighted by atomic mass is 16.5. The monoisotopic (exact) mass is 345 g/mol. The number of benzene rings is 1. The molecule has 0 aliphatic carbocycles. The Morgan fingerprint density at radius 2 is 1.88 bits per heavy atom. The third-order valence-electron chi connectivity index (χ3n) is 4.02. The minimum atomic E-state index is -0.552. The molecule has 2 rings (SSSR count).